The smallest absolute Gasteiger partial charge is 0.185 e. The average molecular weight is 277 g/mol. The molecule has 5 heteroatoms. The van der Waals surface area contributed by atoms with Crippen molar-refractivity contribution in [3.05, 3.63) is 11.1 Å². The third-order valence-electron chi connectivity index (χ3n) is 2.20. The van der Waals surface area contributed by atoms with Gasteiger partial charge in [-0.3, -0.25) is 0 Å². The van der Waals surface area contributed by atoms with Crippen molar-refractivity contribution in [1.29, 1.82) is 0 Å². The van der Waals surface area contributed by atoms with Crippen LogP contribution in [0.3, 0.4) is 0 Å². The summed E-state index contributed by atoms with van der Waals surface area (Å²) in [4.78, 5) is 7.20. The van der Waals surface area contributed by atoms with Gasteiger partial charge in [-0.25, -0.2) is 4.98 Å². The molecule has 1 unspecified atom stereocenters. The fourth-order valence-electron chi connectivity index (χ4n) is 1.36. The minimum absolute atomic E-state index is 0.341. The van der Waals surface area contributed by atoms with E-state index in [0.29, 0.717) is 4.83 Å². The average Bonchev–Trinajstić information content (AvgIpc) is 2.68. The number of thiazole rings is 1. The van der Waals surface area contributed by atoms with Gasteiger partial charge in [0, 0.05) is 18.5 Å². The maximum absolute atomic E-state index is 5.30. The fourth-order valence-corrected chi connectivity index (χ4v) is 2.74. The van der Waals surface area contributed by atoms with E-state index in [1.807, 2.05) is 0 Å². The van der Waals surface area contributed by atoms with E-state index >= 15 is 0 Å². The standard InChI is InChI=1S/C9H13BrN2OS/c1-7(10)8-6-14-9(11-8)12-2-4-13-5-3-12/h6-7H,2-5H2,1H3. The lowest BCUT2D eigenvalue weighted by Gasteiger charge is -2.26. The van der Waals surface area contributed by atoms with Crippen LogP contribution in [0.5, 0.6) is 0 Å². The van der Waals surface area contributed by atoms with Crippen molar-refractivity contribution < 1.29 is 4.74 Å². The highest BCUT2D eigenvalue weighted by Gasteiger charge is 2.15. The molecule has 0 aliphatic carbocycles. The number of aromatic nitrogens is 1. The molecule has 3 nitrogen and oxygen atoms in total. The number of hydrogen-bond donors (Lipinski definition) is 0. The monoisotopic (exact) mass is 276 g/mol. The molecule has 2 rings (SSSR count). The first-order chi connectivity index (χ1) is 6.77. The number of alkyl halides is 1. The number of anilines is 1. The Hall–Kier alpha value is -0.130. The SMILES string of the molecule is CC(Br)c1csc(N2CCOCC2)n1. The van der Waals surface area contributed by atoms with Gasteiger partial charge in [0.1, 0.15) is 0 Å². The molecular weight excluding hydrogens is 264 g/mol. The first-order valence-corrected chi connectivity index (χ1v) is 6.49. The lowest BCUT2D eigenvalue weighted by Crippen LogP contribution is -2.36. The van der Waals surface area contributed by atoms with E-state index in [1.54, 1.807) is 11.3 Å². The maximum Gasteiger partial charge on any atom is 0.185 e. The van der Waals surface area contributed by atoms with E-state index in [-0.39, 0.29) is 0 Å². The quantitative estimate of drug-likeness (QED) is 0.776. The van der Waals surface area contributed by atoms with Crippen LogP contribution in [0.15, 0.2) is 5.38 Å². The van der Waals surface area contributed by atoms with Crippen LogP contribution in [-0.4, -0.2) is 31.3 Å². The van der Waals surface area contributed by atoms with Crippen LogP contribution in [0.1, 0.15) is 17.4 Å². The highest BCUT2D eigenvalue weighted by atomic mass is 79.9. The summed E-state index contributed by atoms with van der Waals surface area (Å²) in [7, 11) is 0. The predicted octanol–water partition coefficient (Wildman–Crippen LogP) is 2.44. The molecule has 0 bridgehead atoms. The molecule has 14 heavy (non-hydrogen) atoms. The molecule has 0 radical (unpaired) electrons. The number of halogens is 1. The van der Waals surface area contributed by atoms with E-state index in [0.717, 1.165) is 37.1 Å². The van der Waals surface area contributed by atoms with Crippen LogP contribution in [0.25, 0.3) is 0 Å². The summed E-state index contributed by atoms with van der Waals surface area (Å²) in [5.41, 5.74) is 1.12. The molecule has 0 amide bonds. The minimum Gasteiger partial charge on any atom is -0.378 e. The Bertz CT molecular complexity index is 297. The largest absolute Gasteiger partial charge is 0.378 e. The molecule has 1 aliphatic rings. The van der Waals surface area contributed by atoms with Crippen molar-refractivity contribution in [2.75, 3.05) is 31.2 Å². The third-order valence-corrected chi connectivity index (χ3v) is 3.59. The van der Waals surface area contributed by atoms with E-state index in [1.165, 1.54) is 0 Å². The first kappa shape index (κ1) is 10.4. The number of rotatable bonds is 2. The molecule has 2 heterocycles. The highest BCUT2D eigenvalue weighted by molar-refractivity contribution is 9.09. The van der Waals surface area contributed by atoms with E-state index in [4.69, 9.17) is 4.74 Å². The van der Waals surface area contributed by atoms with Crippen LogP contribution in [0.4, 0.5) is 5.13 Å². The predicted molar refractivity (Wildman–Crippen MR) is 62.5 cm³/mol. The van der Waals surface area contributed by atoms with Crippen molar-refractivity contribution in [2.24, 2.45) is 0 Å². The number of hydrogen-bond acceptors (Lipinski definition) is 4. The van der Waals surface area contributed by atoms with Gasteiger partial charge in [-0.15, -0.1) is 11.3 Å². The zero-order chi connectivity index (χ0) is 9.97. The van der Waals surface area contributed by atoms with Crippen LogP contribution in [0.2, 0.25) is 0 Å². The second-order valence-electron chi connectivity index (χ2n) is 3.27. The molecule has 0 spiro atoms. The lowest BCUT2D eigenvalue weighted by molar-refractivity contribution is 0.122. The van der Waals surface area contributed by atoms with Crippen molar-refractivity contribution in [3.63, 3.8) is 0 Å². The Balaban J connectivity index is 2.07. The lowest BCUT2D eigenvalue weighted by atomic mass is 10.4. The van der Waals surface area contributed by atoms with Crippen molar-refractivity contribution in [1.82, 2.24) is 4.98 Å². The molecule has 0 saturated carbocycles. The van der Waals surface area contributed by atoms with Crippen molar-refractivity contribution in [2.45, 2.75) is 11.8 Å². The summed E-state index contributed by atoms with van der Waals surface area (Å²) in [6, 6.07) is 0. The summed E-state index contributed by atoms with van der Waals surface area (Å²) in [6.07, 6.45) is 0. The van der Waals surface area contributed by atoms with Gasteiger partial charge in [0.15, 0.2) is 5.13 Å². The number of morpholine rings is 1. The molecule has 0 aromatic carbocycles. The topological polar surface area (TPSA) is 25.4 Å². The summed E-state index contributed by atoms with van der Waals surface area (Å²) in [6.45, 7) is 5.66. The molecule has 1 saturated heterocycles. The summed E-state index contributed by atoms with van der Waals surface area (Å²) < 4.78 is 5.30. The molecule has 1 aromatic rings. The van der Waals surface area contributed by atoms with Crippen LogP contribution < -0.4 is 4.90 Å². The highest BCUT2D eigenvalue weighted by Crippen LogP contribution is 2.28. The second kappa shape index (κ2) is 4.59. The van der Waals surface area contributed by atoms with Gasteiger partial charge in [0.25, 0.3) is 0 Å². The van der Waals surface area contributed by atoms with Gasteiger partial charge in [0.2, 0.25) is 0 Å². The van der Waals surface area contributed by atoms with Crippen molar-refractivity contribution in [3.8, 4) is 0 Å². The van der Waals surface area contributed by atoms with E-state index < -0.39 is 0 Å². The number of ether oxygens (including phenoxy) is 1. The Morgan fingerprint density at radius 3 is 2.86 bits per heavy atom. The molecule has 1 aliphatic heterocycles. The molecule has 1 aromatic heterocycles. The molecule has 1 fully saturated rings. The Morgan fingerprint density at radius 2 is 2.29 bits per heavy atom. The normalized spacial score (nSPS) is 19.7. The zero-order valence-electron chi connectivity index (χ0n) is 8.07. The third kappa shape index (κ3) is 2.27. The Labute approximate surface area is 96.2 Å². The zero-order valence-corrected chi connectivity index (χ0v) is 10.5. The van der Waals surface area contributed by atoms with Gasteiger partial charge in [-0.1, -0.05) is 15.9 Å². The van der Waals surface area contributed by atoms with Gasteiger partial charge in [-0.05, 0) is 6.92 Å². The van der Waals surface area contributed by atoms with Crippen molar-refractivity contribution >= 4 is 32.4 Å². The van der Waals surface area contributed by atoms with Gasteiger partial charge in [0.05, 0.1) is 23.7 Å². The Kier molecular flexibility index (Phi) is 3.41. The van der Waals surface area contributed by atoms with Gasteiger partial charge < -0.3 is 9.64 Å². The summed E-state index contributed by atoms with van der Waals surface area (Å²) in [5, 5.41) is 3.24. The minimum atomic E-state index is 0.341. The van der Waals surface area contributed by atoms with Gasteiger partial charge in [-0.2, -0.15) is 0 Å². The van der Waals surface area contributed by atoms with Crippen LogP contribution in [-0.2, 0) is 4.74 Å². The van der Waals surface area contributed by atoms with Gasteiger partial charge >= 0.3 is 0 Å². The maximum atomic E-state index is 5.30. The molecular formula is C9H13BrN2OS. The molecule has 1 atom stereocenters. The molecule has 78 valence electrons. The van der Waals surface area contributed by atoms with E-state index in [9.17, 15) is 0 Å². The number of nitrogens with zero attached hydrogens (tertiary/aromatic N) is 2. The fraction of sp³-hybridized carbons (Fsp3) is 0.667. The Morgan fingerprint density at radius 1 is 1.57 bits per heavy atom. The second-order valence-corrected chi connectivity index (χ2v) is 5.48. The summed E-state index contributed by atoms with van der Waals surface area (Å²) >= 11 is 5.23. The first-order valence-electron chi connectivity index (χ1n) is 4.69. The van der Waals surface area contributed by atoms with Crippen LogP contribution >= 0.6 is 27.3 Å². The van der Waals surface area contributed by atoms with E-state index in [2.05, 4.69) is 38.1 Å². The summed E-state index contributed by atoms with van der Waals surface area (Å²) in [5.74, 6) is 0. The molecule has 0 N–H and O–H groups in total. The van der Waals surface area contributed by atoms with Crippen LogP contribution in [0, 0.1) is 0 Å².